The maximum absolute atomic E-state index is 4.61. The van der Waals surface area contributed by atoms with Gasteiger partial charge in [0.15, 0.2) is 0 Å². The van der Waals surface area contributed by atoms with Gasteiger partial charge >= 0.3 is 324 Å². The van der Waals surface area contributed by atoms with Crippen molar-refractivity contribution in [3.63, 3.8) is 0 Å². The van der Waals surface area contributed by atoms with Crippen molar-refractivity contribution in [2.24, 2.45) is 0 Å². The Balaban J connectivity index is 1.53. The summed E-state index contributed by atoms with van der Waals surface area (Å²) in [5, 5.41) is 0. The quantitative estimate of drug-likeness (QED) is 0.175. The first-order valence-corrected chi connectivity index (χ1v) is 37.4. The van der Waals surface area contributed by atoms with Crippen molar-refractivity contribution in [2.75, 3.05) is 0 Å². The van der Waals surface area contributed by atoms with Crippen molar-refractivity contribution in [1.82, 2.24) is 0 Å². The van der Waals surface area contributed by atoms with Gasteiger partial charge in [0, 0.05) is 0 Å². The molecule has 0 amide bonds. The summed E-state index contributed by atoms with van der Waals surface area (Å²) in [4.78, 5) is 0. The van der Waals surface area contributed by atoms with Crippen molar-refractivity contribution < 1.29 is 16.5 Å². The topological polar surface area (TPSA) is 0 Å². The van der Waals surface area contributed by atoms with Crippen molar-refractivity contribution in [3.05, 3.63) is 129 Å². The van der Waals surface area contributed by atoms with Crippen LogP contribution in [0.3, 0.4) is 0 Å². The molecular formula is C52H69Hf. The van der Waals surface area contributed by atoms with Crippen molar-refractivity contribution in [2.45, 2.75) is 139 Å². The van der Waals surface area contributed by atoms with Crippen LogP contribution in [0.5, 0.6) is 0 Å². The van der Waals surface area contributed by atoms with Gasteiger partial charge in [-0.05, 0) is 0 Å². The molecule has 0 saturated heterocycles. The normalized spacial score (nSPS) is 18.8. The Labute approximate surface area is 321 Å². The van der Waals surface area contributed by atoms with Crippen molar-refractivity contribution in [3.8, 4) is 22.3 Å². The predicted octanol–water partition coefficient (Wildman–Crippen LogP) is 15.6. The fourth-order valence-corrected chi connectivity index (χ4v) is 36.7. The molecule has 53 heavy (non-hydrogen) atoms. The maximum atomic E-state index is 2.86. The van der Waals surface area contributed by atoms with Gasteiger partial charge in [-0.25, -0.2) is 0 Å². The summed E-state index contributed by atoms with van der Waals surface area (Å²) in [5.74, 6) is 0. The summed E-state index contributed by atoms with van der Waals surface area (Å²) in [7, 11) is 0. The average Bonchev–Trinajstić information content (AvgIpc) is 3.69. The molecule has 4 aromatic carbocycles. The number of rotatable bonds is 5. The van der Waals surface area contributed by atoms with Crippen LogP contribution >= 0.6 is 0 Å². The molecular weight excluding hydrogens is 803 g/mol. The van der Waals surface area contributed by atoms with Gasteiger partial charge in [-0.2, -0.15) is 0 Å². The van der Waals surface area contributed by atoms with E-state index in [0.717, 1.165) is 6.42 Å². The molecule has 0 N–H and O–H groups in total. The average molecular weight is 873 g/mol. The number of hydrogen-bond donors (Lipinski definition) is 0. The molecule has 2 unspecified atom stereocenters. The molecule has 0 aliphatic heterocycles. The summed E-state index contributed by atoms with van der Waals surface area (Å²) >= 11 is -4.61. The van der Waals surface area contributed by atoms with Crippen LogP contribution in [-0.4, -0.2) is 3.76 Å². The van der Waals surface area contributed by atoms with E-state index in [-0.39, 0.29) is 21.7 Å². The third-order valence-corrected chi connectivity index (χ3v) is 43.2. The molecule has 2 aliphatic rings. The second-order valence-electron chi connectivity index (χ2n) is 23.1. The van der Waals surface area contributed by atoms with Crippen LogP contribution in [-0.2, 0) is 38.2 Å². The predicted molar refractivity (Wildman–Crippen MR) is 236 cm³/mol. The zero-order chi connectivity index (χ0) is 39.2. The van der Waals surface area contributed by atoms with E-state index in [1.807, 2.05) is 0 Å². The van der Waals surface area contributed by atoms with Gasteiger partial charge in [0.2, 0.25) is 0 Å². The molecule has 0 fully saturated rings. The first-order chi connectivity index (χ1) is 24.2. The van der Waals surface area contributed by atoms with Crippen LogP contribution in [0.2, 0.25) is 14.0 Å². The first kappa shape index (κ1) is 39.8. The number of benzene rings is 4. The van der Waals surface area contributed by atoms with Crippen LogP contribution in [0.4, 0.5) is 0 Å². The molecule has 0 radical (unpaired) electrons. The van der Waals surface area contributed by atoms with Gasteiger partial charge in [-0.15, -0.1) is 0 Å². The van der Waals surface area contributed by atoms with E-state index in [2.05, 4.69) is 205 Å². The summed E-state index contributed by atoms with van der Waals surface area (Å²) in [6.45, 7) is 30.5. The van der Waals surface area contributed by atoms with Gasteiger partial charge in [0.25, 0.3) is 0 Å². The van der Waals surface area contributed by atoms with Gasteiger partial charge < -0.3 is 0 Å². The van der Waals surface area contributed by atoms with Crippen molar-refractivity contribution >= 4 is 15.9 Å². The van der Waals surface area contributed by atoms with Crippen molar-refractivity contribution in [1.29, 1.82) is 0 Å². The zero-order valence-electron chi connectivity index (χ0n) is 36.2. The second kappa shape index (κ2) is 12.3. The van der Waals surface area contributed by atoms with E-state index >= 15 is 0 Å². The van der Waals surface area contributed by atoms with E-state index in [9.17, 15) is 0 Å². The van der Waals surface area contributed by atoms with E-state index < -0.39 is 16.5 Å². The Kier molecular flexibility index (Phi) is 9.23. The molecule has 0 aromatic heterocycles. The SMILES string of the molecule is CC[CH]=[Hf]([CH3])([CH3])([CH3])([CH]1C=Cc2c(-c3cc(C(C)(C)C)cc(C(C)(C)C)c3)cccc21)[CH]1C=Cc2c(-c3cc(C(C)(C)C)cc(C(C)(C)C)c3)cccc21. The Bertz CT molecular complexity index is 2040. The molecule has 281 valence electrons. The van der Waals surface area contributed by atoms with Crippen LogP contribution in [0, 0.1) is 0 Å². The van der Waals surface area contributed by atoms with Crippen LogP contribution < -0.4 is 0 Å². The molecule has 0 bridgehead atoms. The number of fused-ring (bicyclic) bond motifs is 2. The molecule has 0 heterocycles. The van der Waals surface area contributed by atoms with E-state index in [1.54, 1.807) is 0 Å². The molecule has 2 aliphatic carbocycles. The molecule has 1 heteroatoms. The Morgan fingerprint density at radius 3 is 1.09 bits per heavy atom. The number of allylic oxidation sites excluding steroid dienone is 2. The molecule has 0 spiro atoms. The monoisotopic (exact) mass is 873 g/mol. The van der Waals surface area contributed by atoms with E-state index in [4.69, 9.17) is 0 Å². The van der Waals surface area contributed by atoms with E-state index in [0.29, 0.717) is 7.35 Å². The fourth-order valence-electron chi connectivity index (χ4n) is 9.86. The molecule has 4 aromatic rings. The standard InChI is InChI=1S/2C23H27.C3H6.3CH3.Hf/c2*1-22(2,3)18-13-17(14-19(15-18)23(4,5)6)21-12-8-10-16-9-7-11-20(16)21;1-3-2;;;;/h2*7-15H,1-6H3;1H,3H2,2H3;3*1H3;. The molecule has 0 nitrogen and oxygen atoms in total. The fraction of sp³-hybridized carbons (Fsp3) is 0.442. The third kappa shape index (κ3) is 6.96. The van der Waals surface area contributed by atoms with Gasteiger partial charge in [0.05, 0.1) is 0 Å². The third-order valence-electron chi connectivity index (χ3n) is 13.4. The zero-order valence-corrected chi connectivity index (χ0v) is 39.8. The summed E-state index contributed by atoms with van der Waals surface area (Å²) < 4.78 is 11.9. The minimum atomic E-state index is -4.61. The van der Waals surface area contributed by atoms with Gasteiger partial charge in [0.1, 0.15) is 0 Å². The van der Waals surface area contributed by atoms with Gasteiger partial charge in [-0.3, -0.25) is 0 Å². The molecule has 0 saturated carbocycles. The summed E-state index contributed by atoms with van der Waals surface area (Å²) in [6.07, 6.45) is 11.3. The Morgan fingerprint density at radius 1 is 0.491 bits per heavy atom. The number of hydrogen-bond acceptors (Lipinski definition) is 0. The van der Waals surface area contributed by atoms with Crippen LogP contribution in [0.1, 0.15) is 148 Å². The van der Waals surface area contributed by atoms with Crippen LogP contribution in [0.15, 0.2) is 84.9 Å². The minimum absolute atomic E-state index is 0.0713. The van der Waals surface area contributed by atoms with Crippen LogP contribution in [0.25, 0.3) is 34.4 Å². The molecule has 2 atom stereocenters. The van der Waals surface area contributed by atoms with E-state index in [1.165, 1.54) is 66.8 Å². The summed E-state index contributed by atoms with van der Waals surface area (Å²) in [5.41, 5.74) is 17.2. The summed E-state index contributed by atoms with van der Waals surface area (Å²) in [6, 6.07) is 29.1. The molecule has 6 rings (SSSR count). The van der Waals surface area contributed by atoms with Gasteiger partial charge in [-0.1, -0.05) is 0 Å². The second-order valence-corrected chi connectivity index (χ2v) is 62.1. The Morgan fingerprint density at radius 2 is 0.811 bits per heavy atom. The first-order valence-electron chi connectivity index (χ1n) is 20.4. The Hall–Kier alpha value is -2.90.